The molecule has 1 heterocycles. The summed E-state index contributed by atoms with van der Waals surface area (Å²) in [5.74, 6) is -0.261. The van der Waals surface area contributed by atoms with Crippen molar-refractivity contribution in [3.8, 4) is 5.75 Å². The summed E-state index contributed by atoms with van der Waals surface area (Å²) in [6.45, 7) is 0.676. The molecular formula is C18H17Cl3N2O4S. The van der Waals surface area contributed by atoms with Gasteiger partial charge in [-0.2, -0.15) is 4.31 Å². The fourth-order valence-electron chi connectivity index (χ4n) is 2.77. The van der Waals surface area contributed by atoms with Crippen molar-refractivity contribution < 1.29 is 17.9 Å². The summed E-state index contributed by atoms with van der Waals surface area (Å²) in [7, 11) is -3.57. The number of amides is 1. The minimum atomic E-state index is -3.57. The van der Waals surface area contributed by atoms with Crippen molar-refractivity contribution in [1.82, 2.24) is 4.31 Å². The average molecular weight is 464 g/mol. The van der Waals surface area contributed by atoms with Gasteiger partial charge in [0.25, 0.3) is 5.91 Å². The van der Waals surface area contributed by atoms with Crippen LogP contribution in [-0.4, -0.2) is 38.3 Å². The molecule has 0 saturated carbocycles. The fourth-order valence-corrected chi connectivity index (χ4v) is 4.96. The van der Waals surface area contributed by atoms with E-state index in [0.717, 1.165) is 12.8 Å². The van der Waals surface area contributed by atoms with Gasteiger partial charge in [0.2, 0.25) is 10.0 Å². The van der Waals surface area contributed by atoms with Crippen LogP contribution < -0.4 is 10.1 Å². The Labute approximate surface area is 178 Å². The quantitative estimate of drug-likeness (QED) is 0.687. The number of ether oxygens (including phenoxy) is 1. The minimum absolute atomic E-state index is 0.0990. The molecule has 0 spiro atoms. The van der Waals surface area contributed by atoms with Gasteiger partial charge >= 0.3 is 0 Å². The van der Waals surface area contributed by atoms with E-state index < -0.39 is 15.9 Å². The standard InChI is InChI=1S/C18H17Cl3N2O4S/c19-13-4-3-5-15(18(13)21)22-17(24)11-27-16-7-6-12(10-14(16)20)28(25,26)23-8-1-2-9-23/h3-7,10H,1-2,8-9,11H2,(H,22,24). The molecule has 1 saturated heterocycles. The third kappa shape index (κ3) is 4.72. The van der Waals surface area contributed by atoms with Crippen LogP contribution >= 0.6 is 34.8 Å². The van der Waals surface area contributed by atoms with Crippen molar-refractivity contribution in [3.05, 3.63) is 51.5 Å². The lowest BCUT2D eigenvalue weighted by Crippen LogP contribution is -2.27. The zero-order valence-corrected chi connectivity index (χ0v) is 17.7. The summed E-state index contributed by atoms with van der Waals surface area (Å²) in [6.07, 6.45) is 1.69. The molecule has 0 unspecified atom stereocenters. The summed E-state index contributed by atoms with van der Waals surface area (Å²) in [6, 6.07) is 9.05. The molecule has 1 aliphatic heterocycles. The normalized spacial score (nSPS) is 14.8. The lowest BCUT2D eigenvalue weighted by molar-refractivity contribution is -0.118. The Hall–Kier alpha value is -1.51. The summed E-state index contributed by atoms with van der Waals surface area (Å²) in [4.78, 5) is 12.2. The molecule has 6 nitrogen and oxygen atoms in total. The second-order valence-corrected chi connectivity index (χ2v) is 9.27. The topological polar surface area (TPSA) is 75.7 Å². The minimum Gasteiger partial charge on any atom is -0.482 e. The van der Waals surface area contributed by atoms with Crippen LogP contribution in [0.25, 0.3) is 0 Å². The van der Waals surface area contributed by atoms with Gasteiger partial charge in [-0.1, -0.05) is 40.9 Å². The van der Waals surface area contributed by atoms with Gasteiger partial charge in [0.05, 0.1) is 25.7 Å². The number of halogens is 3. The highest BCUT2D eigenvalue weighted by Crippen LogP contribution is 2.31. The van der Waals surface area contributed by atoms with Crippen molar-refractivity contribution in [2.75, 3.05) is 25.0 Å². The maximum Gasteiger partial charge on any atom is 0.262 e. The third-order valence-electron chi connectivity index (χ3n) is 4.19. The number of hydrogen-bond donors (Lipinski definition) is 1. The van der Waals surface area contributed by atoms with Gasteiger partial charge in [-0.3, -0.25) is 4.79 Å². The van der Waals surface area contributed by atoms with Gasteiger partial charge in [-0.15, -0.1) is 0 Å². The summed E-state index contributed by atoms with van der Waals surface area (Å²) >= 11 is 18.1. The largest absolute Gasteiger partial charge is 0.482 e. The zero-order valence-electron chi connectivity index (χ0n) is 14.6. The third-order valence-corrected chi connectivity index (χ3v) is 7.20. The molecule has 28 heavy (non-hydrogen) atoms. The molecule has 0 bridgehead atoms. The van der Waals surface area contributed by atoms with Gasteiger partial charge in [-0.05, 0) is 43.2 Å². The summed E-state index contributed by atoms with van der Waals surface area (Å²) in [5.41, 5.74) is 0.362. The van der Waals surface area contributed by atoms with Crippen LogP contribution in [0.3, 0.4) is 0 Å². The molecule has 0 aliphatic carbocycles. The molecule has 1 amide bonds. The Kier molecular flexibility index (Phi) is 6.73. The second-order valence-electron chi connectivity index (χ2n) is 6.14. The number of carbonyl (C=O) groups is 1. The zero-order chi connectivity index (χ0) is 20.3. The first-order valence-corrected chi connectivity index (χ1v) is 11.0. The number of nitrogens with zero attached hydrogens (tertiary/aromatic N) is 1. The Morgan fingerprint density at radius 1 is 1.07 bits per heavy atom. The van der Waals surface area contributed by atoms with Gasteiger partial charge < -0.3 is 10.1 Å². The van der Waals surface area contributed by atoms with Crippen molar-refractivity contribution in [2.45, 2.75) is 17.7 Å². The van der Waals surface area contributed by atoms with Crippen molar-refractivity contribution in [3.63, 3.8) is 0 Å². The highest BCUT2D eigenvalue weighted by molar-refractivity contribution is 7.89. The molecule has 150 valence electrons. The highest BCUT2D eigenvalue weighted by Gasteiger charge is 2.27. The number of benzene rings is 2. The molecule has 10 heteroatoms. The monoisotopic (exact) mass is 462 g/mol. The Balaban J connectivity index is 1.65. The molecule has 1 aliphatic rings. The molecule has 0 atom stereocenters. The van der Waals surface area contributed by atoms with Crippen LogP contribution in [0, 0.1) is 0 Å². The van der Waals surface area contributed by atoms with Gasteiger partial charge in [0.1, 0.15) is 5.75 Å². The number of hydrogen-bond acceptors (Lipinski definition) is 4. The van der Waals surface area contributed by atoms with E-state index in [1.807, 2.05) is 0 Å². The van der Waals surface area contributed by atoms with E-state index in [9.17, 15) is 13.2 Å². The van der Waals surface area contributed by atoms with E-state index >= 15 is 0 Å². The van der Waals surface area contributed by atoms with Crippen LogP contribution in [-0.2, 0) is 14.8 Å². The van der Waals surface area contributed by atoms with Gasteiger partial charge in [0.15, 0.2) is 6.61 Å². The Morgan fingerprint density at radius 2 is 1.79 bits per heavy atom. The lowest BCUT2D eigenvalue weighted by Gasteiger charge is -2.16. The SMILES string of the molecule is O=C(COc1ccc(S(=O)(=O)N2CCCC2)cc1Cl)Nc1cccc(Cl)c1Cl. The Morgan fingerprint density at radius 3 is 2.46 bits per heavy atom. The van der Waals surface area contributed by atoms with Gasteiger partial charge in [-0.25, -0.2) is 8.42 Å². The van der Waals surface area contributed by atoms with Crippen LogP contribution in [0.4, 0.5) is 5.69 Å². The van der Waals surface area contributed by atoms with Crippen LogP contribution in [0.15, 0.2) is 41.3 Å². The average Bonchev–Trinajstić information content (AvgIpc) is 3.20. The van der Waals surface area contributed by atoms with Crippen LogP contribution in [0.5, 0.6) is 5.75 Å². The molecular weight excluding hydrogens is 447 g/mol. The van der Waals surface area contributed by atoms with E-state index in [-0.39, 0.29) is 27.3 Å². The predicted octanol–water partition coefficient (Wildman–Crippen LogP) is 4.45. The van der Waals surface area contributed by atoms with E-state index in [1.54, 1.807) is 18.2 Å². The first-order valence-electron chi connectivity index (χ1n) is 8.45. The molecule has 1 N–H and O–H groups in total. The van der Waals surface area contributed by atoms with Gasteiger partial charge in [0, 0.05) is 13.1 Å². The summed E-state index contributed by atoms with van der Waals surface area (Å²) in [5, 5.41) is 3.24. The molecule has 2 aromatic rings. The lowest BCUT2D eigenvalue weighted by atomic mass is 10.3. The first-order chi connectivity index (χ1) is 13.3. The number of sulfonamides is 1. The number of rotatable bonds is 6. The van der Waals surface area contributed by atoms with E-state index in [1.165, 1.54) is 22.5 Å². The smallest absolute Gasteiger partial charge is 0.262 e. The van der Waals surface area contributed by atoms with E-state index in [4.69, 9.17) is 39.5 Å². The van der Waals surface area contributed by atoms with Crippen molar-refractivity contribution in [1.29, 1.82) is 0 Å². The maximum absolute atomic E-state index is 12.6. The van der Waals surface area contributed by atoms with Crippen LogP contribution in [0.1, 0.15) is 12.8 Å². The first kappa shape index (κ1) is 21.2. The number of nitrogens with one attached hydrogen (secondary N) is 1. The predicted molar refractivity (Wildman–Crippen MR) is 110 cm³/mol. The number of anilines is 1. The second kappa shape index (κ2) is 8.88. The molecule has 2 aromatic carbocycles. The van der Waals surface area contributed by atoms with E-state index in [2.05, 4.69) is 5.32 Å². The molecule has 0 radical (unpaired) electrons. The number of carbonyl (C=O) groups excluding carboxylic acids is 1. The Bertz CT molecular complexity index is 992. The molecule has 0 aromatic heterocycles. The van der Waals surface area contributed by atoms with E-state index in [0.29, 0.717) is 23.8 Å². The summed E-state index contributed by atoms with van der Waals surface area (Å²) < 4.78 is 32.0. The molecule has 1 fully saturated rings. The fraction of sp³-hybridized carbons (Fsp3) is 0.278. The van der Waals surface area contributed by atoms with Crippen LogP contribution in [0.2, 0.25) is 15.1 Å². The maximum atomic E-state index is 12.6. The van der Waals surface area contributed by atoms with Crippen molar-refractivity contribution in [2.24, 2.45) is 0 Å². The highest BCUT2D eigenvalue weighted by atomic mass is 35.5. The van der Waals surface area contributed by atoms with Crippen molar-refractivity contribution >= 4 is 56.4 Å². The molecule has 3 rings (SSSR count).